The molecule has 1 aromatic carbocycles. The predicted octanol–water partition coefficient (Wildman–Crippen LogP) is 2.30. The summed E-state index contributed by atoms with van der Waals surface area (Å²) in [5, 5.41) is 3.42. The van der Waals surface area contributed by atoms with E-state index in [4.69, 9.17) is 11.6 Å². The standard InChI is InChI=1S/C12H12ClN3O/c1-8-11(16-7-15-8)12(17)14-6-9-4-2-3-5-10(9)13/h2-5,7H,6H2,1H3,(H,14,17)(H,15,16). The fourth-order valence-corrected chi connectivity index (χ4v) is 1.69. The average Bonchev–Trinajstić information content (AvgIpc) is 2.74. The molecule has 5 heteroatoms. The van der Waals surface area contributed by atoms with Gasteiger partial charge in [0, 0.05) is 17.3 Å². The number of hydrogen-bond acceptors (Lipinski definition) is 2. The highest BCUT2D eigenvalue weighted by Crippen LogP contribution is 2.14. The molecule has 2 aromatic rings. The molecule has 4 nitrogen and oxygen atoms in total. The highest BCUT2D eigenvalue weighted by Gasteiger charge is 2.11. The highest BCUT2D eigenvalue weighted by atomic mass is 35.5. The van der Waals surface area contributed by atoms with E-state index in [1.54, 1.807) is 13.0 Å². The first-order valence-corrected chi connectivity index (χ1v) is 5.58. The molecule has 2 rings (SSSR count). The number of halogens is 1. The van der Waals surface area contributed by atoms with Gasteiger partial charge in [0.05, 0.1) is 6.33 Å². The number of amides is 1. The van der Waals surface area contributed by atoms with E-state index in [0.717, 1.165) is 11.3 Å². The second-order valence-electron chi connectivity index (χ2n) is 3.65. The molecular weight excluding hydrogens is 238 g/mol. The van der Waals surface area contributed by atoms with Crippen LogP contribution in [0.3, 0.4) is 0 Å². The van der Waals surface area contributed by atoms with Gasteiger partial charge >= 0.3 is 0 Å². The van der Waals surface area contributed by atoms with Crippen molar-refractivity contribution < 1.29 is 4.79 Å². The van der Waals surface area contributed by atoms with E-state index in [1.807, 2.05) is 18.2 Å². The fourth-order valence-electron chi connectivity index (χ4n) is 1.49. The molecule has 0 saturated heterocycles. The maximum absolute atomic E-state index is 11.8. The number of aromatic nitrogens is 2. The smallest absolute Gasteiger partial charge is 0.272 e. The minimum absolute atomic E-state index is 0.205. The largest absolute Gasteiger partial charge is 0.348 e. The van der Waals surface area contributed by atoms with Crippen molar-refractivity contribution in [3.63, 3.8) is 0 Å². The summed E-state index contributed by atoms with van der Waals surface area (Å²) in [6.07, 6.45) is 1.50. The summed E-state index contributed by atoms with van der Waals surface area (Å²) in [5.41, 5.74) is 2.05. The van der Waals surface area contributed by atoms with Gasteiger partial charge in [-0.25, -0.2) is 4.98 Å². The van der Waals surface area contributed by atoms with Crippen molar-refractivity contribution in [3.05, 3.63) is 52.6 Å². The number of aryl methyl sites for hydroxylation is 1. The Morgan fingerprint density at radius 2 is 2.24 bits per heavy atom. The summed E-state index contributed by atoms with van der Waals surface area (Å²) in [7, 11) is 0. The topological polar surface area (TPSA) is 57.8 Å². The molecule has 0 aliphatic carbocycles. The van der Waals surface area contributed by atoms with Crippen molar-refractivity contribution in [2.45, 2.75) is 13.5 Å². The first-order valence-electron chi connectivity index (χ1n) is 5.20. The van der Waals surface area contributed by atoms with Crippen molar-refractivity contribution in [2.75, 3.05) is 0 Å². The number of nitrogens with one attached hydrogen (secondary N) is 2. The first-order chi connectivity index (χ1) is 8.18. The Morgan fingerprint density at radius 3 is 2.88 bits per heavy atom. The molecule has 1 aromatic heterocycles. The van der Waals surface area contributed by atoms with Crippen LogP contribution in [0.15, 0.2) is 30.6 Å². The third-order valence-electron chi connectivity index (χ3n) is 2.44. The SMILES string of the molecule is Cc1[nH]cnc1C(=O)NCc1ccccc1Cl. The third kappa shape index (κ3) is 2.65. The molecule has 0 aliphatic rings. The number of benzene rings is 1. The van der Waals surface area contributed by atoms with Gasteiger partial charge in [-0.15, -0.1) is 0 Å². The molecule has 88 valence electrons. The van der Waals surface area contributed by atoms with Crippen LogP contribution in [-0.4, -0.2) is 15.9 Å². The average molecular weight is 250 g/mol. The summed E-state index contributed by atoms with van der Waals surface area (Å²) in [6, 6.07) is 7.40. The lowest BCUT2D eigenvalue weighted by molar-refractivity contribution is 0.0946. The number of rotatable bonds is 3. The number of hydrogen-bond donors (Lipinski definition) is 2. The Morgan fingerprint density at radius 1 is 1.47 bits per heavy atom. The van der Waals surface area contributed by atoms with Gasteiger partial charge in [-0.1, -0.05) is 29.8 Å². The lowest BCUT2D eigenvalue weighted by atomic mass is 10.2. The summed E-state index contributed by atoms with van der Waals surface area (Å²) < 4.78 is 0. The summed E-state index contributed by atoms with van der Waals surface area (Å²) in [6.45, 7) is 2.20. The number of carbonyl (C=O) groups is 1. The van der Waals surface area contributed by atoms with E-state index < -0.39 is 0 Å². The van der Waals surface area contributed by atoms with Gasteiger partial charge in [0.25, 0.3) is 5.91 Å². The zero-order valence-corrected chi connectivity index (χ0v) is 10.1. The van der Waals surface area contributed by atoms with Crippen LogP contribution in [0.25, 0.3) is 0 Å². The number of nitrogens with zero attached hydrogens (tertiary/aromatic N) is 1. The van der Waals surface area contributed by atoms with Gasteiger partial charge in [0.2, 0.25) is 0 Å². The van der Waals surface area contributed by atoms with Crippen molar-refractivity contribution >= 4 is 17.5 Å². The van der Waals surface area contributed by atoms with Gasteiger partial charge in [0.15, 0.2) is 0 Å². The molecule has 17 heavy (non-hydrogen) atoms. The van der Waals surface area contributed by atoms with Gasteiger partial charge in [-0.2, -0.15) is 0 Å². The van der Waals surface area contributed by atoms with Crippen LogP contribution >= 0.6 is 11.6 Å². The molecule has 0 atom stereocenters. The summed E-state index contributed by atoms with van der Waals surface area (Å²) in [5.74, 6) is -0.205. The zero-order valence-electron chi connectivity index (χ0n) is 9.33. The van der Waals surface area contributed by atoms with E-state index in [2.05, 4.69) is 15.3 Å². The summed E-state index contributed by atoms with van der Waals surface area (Å²) >= 11 is 5.99. The van der Waals surface area contributed by atoms with E-state index in [1.165, 1.54) is 6.33 Å². The quantitative estimate of drug-likeness (QED) is 0.877. The van der Waals surface area contributed by atoms with Crippen molar-refractivity contribution in [3.8, 4) is 0 Å². The lowest BCUT2D eigenvalue weighted by Gasteiger charge is -2.05. The number of carbonyl (C=O) groups excluding carboxylic acids is 1. The monoisotopic (exact) mass is 249 g/mol. The molecular formula is C12H12ClN3O. The van der Waals surface area contributed by atoms with Crippen molar-refractivity contribution in [1.82, 2.24) is 15.3 Å². The maximum Gasteiger partial charge on any atom is 0.272 e. The maximum atomic E-state index is 11.8. The van der Waals surface area contributed by atoms with E-state index >= 15 is 0 Å². The van der Waals surface area contributed by atoms with Gasteiger partial charge in [0.1, 0.15) is 5.69 Å². The van der Waals surface area contributed by atoms with Crippen LogP contribution in [0, 0.1) is 6.92 Å². The normalized spacial score (nSPS) is 10.2. The number of H-pyrrole nitrogens is 1. The second-order valence-corrected chi connectivity index (χ2v) is 4.06. The van der Waals surface area contributed by atoms with E-state index in [0.29, 0.717) is 17.3 Å². The van der Waals surface area contributed by atoms with Crippen LogP contribution in [0.4, 0.5) is 0 Å². The van der Waals surface area contributed by atoms with E-state index in [-0.39, 0.29) is 5.91 Å². The van der Waals surface area contributed by atoms with Crippen LogP contribution in [0.2, 0.25) is 5.02 Å². The molecule has 1 heterocycles. The van der Waals surface area contributed by atoms with Gasteiger partial charge in [-0.05, 0) is 18.6 Å². The molecule has 0 bridgehead atoms. The Kier molecular flexibility index (Phi) is 3.44. The molecule has 1 amide bonds. The molecule has 0 fully saturated rings. The minimum atomic E-state index is -0.205. The third-order valence-corrected chi connectivity index (χ3v) is 2.81. The Balaban J connectivity index is 2.02. The van der Waals surface area contributed by atoms with Crippen LogP contribution in [0.1, 0.15) is 21.7 Å². The first kappa shape index (κ1) is 11.7. The van der Waals surface area contributed by atoms with E-state index in [9.17, 15) is 4.79 Å². The molecule has 0 aliphatic heterocycles. The van der Waals surface area contributed by atoms with Crippen molar-refractivity contribution in [2.24, 2.45) is 0 Å². The Labute approximate surface area is 104 Å². The zero-order chi connectivity index (χ0) is 12.3. The molecule has 2 N–H and O–H groups in total. The Bertz CT molecular complexity index is 536. The number of imidazole rings is 1. The second kappa shape index (κ2) is 5.01. The van der Waals surface area contributed by atoms with Crippen molar-refractivity contribution in [1.29, 1.82) is 0 Å². The molecule has 0 unspecified atom stereocenters. The van der Waals surface area contributed by atoms with Gasteiger partial charge in [-0.3, -0.25) is 4.79 Å². The van der Waals surface area contributed by atoms with Gasteiger partial charge < -0.3 is 10.3 Å². The van der Waals surface area contributed by atoms with Crippen LogP contribution < -0.4 is 5.32 Å². The highest BCUT2D eigenvalue weighted by molar-refractivity contribution is 6.31. The Hall–Kier alpha value is -1.81. The lowest BCUT2D eigenvalue weighted by Crippen LogP contribution is -2.24. The van der Waals surface area contributed by atoms with Crippen LogP contribution in [-0.2, 0) is 6.54 Å². The fraction of sp³-hybridized carbons (Fsp3) is 0.167. The molecule has 0 spiro atoms. The molecule has 0 radical (unpaired) electrons. The predicted molar refractivity (Wildman–Crippen MR) is 65.9 cm³/mol. The minimum Gasteiger partial charge on any atom is -0.348 e. The molecule has 0 saturated carbocycles. The summed E-state index contributed by atoms with van der Waals surface area (Å²) in [4.78, 5) is 18.6. The van der Waals surface area contributed by atoms with Crippen LogP contribution in [0.5, 0.6) is 0 Å². The number of aromatic amines is 1.